The number of hydrogen-bond donors (Lipinski definition) is 2. The summed E-state index contributed by atoms with van der Waals surface area (Å²) in [4.78, 5) is 1.28. The van der Waals surface area contributed by atoms with Crippen LogP contribution in [0.15, 0.2) is 40.6 Å². The average Bonchev–Trinajstić information content (AvgIpc) is 2.82. The van der Waals surface area contributed by atoms with Crippen molar-refractivity contribution >= 4 is 38.6 Å². The fraction of sp³-hybridized carbons (Fsp3) is 0.167. The van der Waals surface area contributed by atoms with Gasteiger partial charge < -0.3 is 5.32 Å². The predicted molar refractivity (Wildman–Crippen MR) is 79.3 cm³/mol. The molecule has 1 heterocycles. The normalized spacial score (nSPS) is 11.5. The van der Waals surface area contributed by atoms with Gasteiger partial charge in [-0.25, -0.2) is 13.1 Å². The minimum atomic E-state index is -3.46. The molecule has 0 aliphatic rings. The van der Waals surface area contributed by atoms with Crippen molar-refractivity contribution in [2.24, 2.45) is 0 Å². The van der Waals surface area contributed by atoms with E-state index in [1.807, 2.05) is 11.4 Å². The van der Waals surface area contributed by atoms with Gasteiger partial charge in [0, 0.05) is 16.8 Å². The molecular weight excluding hydrogens is 304 g/mol. The Kier molecular flexibility index (Phi) is 4.46. The van der Waals surface area contributed by atoms with Crippen molar-refractivity contribution in [2.45, 2.75) is 11.4 Å². The highest BCUT2D eigenvalue weighted by Crippen LogP contribution is 2.23. The van der Waals surface area contributed by atoms with E-state index in [1.54, 1.807) is 24.3 Å². The lowest BCUT2D eigenvalue weighted by molar-refractivity contribution is 0.588. The first-order chi connectivity index (χ1) is 9.03. The maximum absolute atomic E-state index is 11.9. The summed E-state index contributed by atoms with van der Waals surface area (Å²) in [5.41, 5.74) is 0.571. The number of para-hydroxylation sites is 1. The Morgan fingerprint density at radius 2 is 2.05 bits per heavy atom. The first-order valence-corrected chi connectivity index (χ1v) is 8.26. The molecule has 102 valence electrons. The predicted octanol–water partition coefficient (Wildman–Crippen LogP) is 2.92. The molecule has 4 nitrogen and oxygen atoms in total. The fourth-order valence-corrected chi connectivity index (χ4v) is 3.51. The highest BCUT2D eigenvalue weighted by atomic mass is 35.5. The van der Waals surface area contributed by atoms with E-state index in [1.165, 1.54) is 18.4 Å². The second-order valence-corrected chi connectivity index (χ2v) is 7.08. The number of rotatable bonds is 5. The topological polar surface area (TPSA) is 58.2 Å². The van der Waals surface area contributed by atoms with Crippen LogP contribution in [0.1, 0.15) is 4.88 Å². The summed E-state index contributed by atoms with van der Waals surface area (Å²) in [6.07, 6.45) is 0. The fourth-order valence-electron chi connectivity index (χ4n) is 1.59. The van der Waals surface area contributed by atoms with Crippen molar-refractivity contribution < 1.29 is 8.42 Å². The SMILES string of the molecule is CNS(=O)(=O)c1ccccc1NCc1cc(Cl)cs1. The number of anilines is 1. The van der Waals surface area contributed by atoms with Crippen LogP contribution in [0.3, 0.4) is 0 Å². The lowest BCUT2D eigenvalue weighted by Crippen LogP contribution is -2.20. The van der Waals surface area contributed by atoms with Crippen LogP contribution in [0.2, 0.25) is 5.02 Å². The summed E-state index contributed by atoms with van der Waals surface area (Å²) in [7, 11) is -2.07. The Labute approximate surface area is 121 Å². The van der Waals surface area contributed by atoms with Crippen molar-refractivity contribution in [2.75, 3.05) is 12.4 Å². The third-order valence-electron chi connectivity index (χ3n) is 2.52. The van der Waals surface area contributed by atoms with Gasteiger partial charge in [-0.05, 0) is 25.2 Å². The molecule has 0 saturated carbocycles. The molecule has 0 amide bonds. The van der Waals surface area contributed by atoms with Crippen molar-refractivity contribution in [3.05, 3.63) is 45.6 Å². The van der Waals surface area contributed by atoms with E-state index in [9.17, 15) is 8.42 Å². The van der Waals surface area contributed by atoms with Gasteiger partial charge in [0.05, 0.1) is 10.7 Å². The molecule has 0 radical (unpaired) electrons. The standard InChI is InChI=1S/C12H13ClN2O2S2/c1-14-19(16,17)12-5-3-2-4-11(12)15-7-10-6-9(13)8-18-10/h2-6,8,14-15H,7H2,1H3. The summed E-state index contributed by atoms with van der Waals surface area (Å²) in [6.45, 7) is 0.535. The Balaban J connectivity index is 2.21. The molecular formula is C12H13ClN2O2S2. The summed E-state index contributed by atoms with van der Waals surface area (Å²) in [5, 5.41) is 5.65. The second kappa shape index (κ2) is 5.92. The van der Waals surface area contributed by atoms with Crippen LogP contribution >= 0.6 is 22.9 Å². The van der Waals surface area contributed by atoms with Crippen molar-refractivity contribution in [3.8, 4) is 0 Å². The maximum atomic E-state index is 11.9. The van der Waals surface area contributed by atoms with E-state index in [2.05, 4.69) is 10.0 Å². The molecule has 0 saturated heterocycles. The Morgan fingerprint density at radius 1 is 1.32 bits per heavy atom. The number of thiophene rings is 1. The summed E-state index contributed by atoms with van der Waals surface area (Å²) in [5.74, 6) is 0. The molecule has 2 aromatic rings. The number of nitrogens with one attached hydrogen (secondary N) is 2. The van der Waals surface area contributed by atoms with E-state index in [-0.39, 0.29) is 4.90 Å². The largest absolute Gasteiger partial charge is 0.379 e. The van der Waals surface area contributed by atoms with Gasteiger partial charge in [0.25, 0.3) is 0 Å². The third kappa shape index (κ3) is 3.48. The van der Waals surface area contributed by atoms with Crippen molar-refractivity contribution in [3.63, 3.8) is 0 Å². The van der Waals surface area contributed by atoms with Crippen molar-refractivity contribution in [1.29, 1.82) is 0 Å². The molecule has 2 N–H and O–H groups in total. The molecule has 0 aliphatic heterocycles. The molecule has 1 aromatic carbocycles. The van der Waals surface area contributed by atoms with Gasteiger partial charge >= 0.3 is 0 Å². The van der Waals surface area contributed by atoms with Gasteiger partial charge in [-0.3, -0.25) is 0 Å². The van der Waals surface area contributed by atoms with Gasteiger partial charge in [-0.2, -0.15) is 0 Å². The molecule has 0 spiro atoms. The third-order valence-corrected chi connectivity index (χ3v) is 5.28. The number of sulfonamides is 1. The van der Waals surface area contributed by atoms with Crippen LogP contribution in [0.25, 0.3) is 0 Å². The van der Waals surface area contributed by atoms with Crippen molar-refractivity contribution in [1.82, 2.24) is 4.72 Å². The van der Waals surface area contributed by atoms with E-state index in [0.717, 1.165) is 4.88 Å². The summed E-state index contributed by atoms with van der Waals surface area (Å²) < 4.78 is 26.0. The van der Waals surface area contributed by atoms with Crippen LogP contribution in [0.5, 0.6) is 0 Å². The van der Waals surface area contributed by atoms with E-state index >= 15 is 0 Å². The molecule has 0 aliphatic carbocycles. The van der Waals surface area contributed by atoms with Crippen LogP contribution in [0, 0.1) is 0 Å². The molecule has 0 atom stereocenters. The Morgan fingerprint density at radius 3 is 2.68 bits per heavy atom. The lowest BCUT2D eigenvalue weighted by Gasteiger charge is -2.11. The number of hydrogen-bond acceptors (Lipinski definition) is 4. The molecule has 19 heavy (non-hydrogen) atoms. The molecule has 0 fully saturated rings. The first-order valence-electron chi connectivity index (χ1n) is 5.52. The highest BCUT2D eigenvalue weighted by molar-refractivity contribution is 7.89. The minimum Gasteiger partial charge on any atom is -0.379 e. The van der Waals surface area contributed by atoms with Crippen LogP contribution in [-0.4, -0.2) is 15.5 Å². The zero-order valence-corrected chi connectivity index (χ0v) is 12.6. The molecule has 2 rings (SSSR count). The van der Waals surface area contributed by atoms with Gasteiger partial charge in [0.1, 0.15) is 4.90 Å². The van der Waals surface area contributed by atoms with Crippen LogP contribution < -0.4 is 10.0 Å². The van der Waals surface area contributed by atoms with Crippen LogP contribution in [0.4, 0.5) is 5.69 Å². The molecule has 0 unspecified atom stereocenters. The number of halogens is 1. The summed E-state index contributed by atoms with van der Waals surface area (Å²) >= 11 is 7.37. The van der Waals surface area contributed by atoms with Crippen LogP contribution in [-0.2, 0) is 16.6 Å². The minimum absolute atomic E-state index is 0.236. The lowest BCUT2D eigenvalue weighted by atomic mass is 10.3. The molecule has 0 bridgehead atoms. The summed E-state index contributed by atoms with van der Waals surface area (Å²) in [6, 6.07) is 8.64. The quantitative estimate of drug-likeness (QED) is 0.891. The van der Waals surface area contributed by atoms with E-state index in [4.69, 9.17) is 11.6 Å². The van der Waals surface area contributed by atoms with Gasteiger partial charge in [-0.15, -0.1) is 11.3 Å². The Bertz CT molecular complexity index is 668. The highest BCUT2D eigenvalue weighted by Gasteiger charge is 2.15. The van der Waals surface area contributed by atoms with E-state index in [0.29, 0.717) is 17.3 Å². The van der Waals surface area contributed by atoms with Gasteiger partial charge in [0.2, 0.25) is 10.0 Å². The second-order valence-electron chi connectivity index (χ2n) is 3.79. The average molecular weight is 317 g/mol. The zero-order chi connectivity index (χ0) is 13.9. The van der Waals surface area contributed by atoms with Gasteiger partial charge in [-0.1, -0.05) is 23.7 Å². The first kappa shape index (κ1) is 14.3. The van der Waals surface area contributed by atoms with Gasteiger partial charge in [0.15, 0.2) is 0 Å². The van der Waals surface area contributed by atoms with E-state index < -0.39 is 10.0 Å². The number of benzene rings is 1. The monoisotopic (exact) mass is 316 g/mol. The maximum Gasteiger partial charge on any atom is 0.242 e. The smallest absolute Gasteiger partial charge is 0.242 e. The zero-order valence-electron chi connectivity index (χ0n) is 10.2. The molecule has 7 heteroatoms. The Hall–Kier alpha value is -1.08. The molecule has 1 aromatic heterocycles.